The van der Waals surface area contributed by atoms with Crippen LogP contribution in [0.3, 0.4) is 0 Å². The van der Waals surface area contributed by atoms with E-state index in [2.05, 4.69) is 5.32 Å². The van der Waals surface area contributed by atoms with Crippen molar-refractivity contribution >= 4 is 0 Å². The zero-order chi connectivity index (χ0) is 14.5. The second-order valence-corrected chi connectivity index (χ2v) is 5.85. The molecule has 1 aromatic carbocycles. The van der Waals surface area contributed by atoms with Crippen molar-refractivity contribution in [2.75, 3.05) is 19.7 Å². The Balaban J connectivity index is 2.74. The molecule has 0 fully saturated rings. The van der Waals surface area contributed by atoms with E-state index in [-0.39, 0.29) is 17.8 Å². The molecule has 0 saturated carbocycles. The molecular formula is C15H25NO3. The van der Waals surface area contributed by atoms with Crippen molar-refractivity contribution in [2.45, 2.75) is 38.7 Å². The number of hydrogen-bond donors (Lipinski definition) is 4. The lowest BCUT2D eigenvalue weighted by atomic mass is 9.84. The van der Waals surface area contributed by atoms with E-state index in [0.717, 1.165) is 11.1 Å². The Morgan fingerprint density at radius 1 is 1.26 bits per heavy atom. The molecule has 4 heteroatoms. The van der Waals surface area contributed by atoms with Crippen molar-refractivity contribution in [1.82, 2.24) is 5.32 Å². The standard InChI is InChI=1S/C15H25NO3/c1-15(2,3)13-6-4-5-11(14(13)19)9-12(18)10-16-7-8-17/h4-6,12,16-19H,7-10H2,1-3H3. The van der Waals surface area contributed by atoms with Crippen LogP contribution in [-0.2, 0) is 11.8 Å². The molecule has 1 rings (SSSR count). The summed E-state index contributed by atoms with van der Waals surface area (Å²) in [6.45, 7) is 7.06. The fourth-order valence-electron chi connectivity index (χ4n) is 2.04. The predicted octanol–water partition coefficient (Wildman–Crippen LogP) is 1.17. The summed E-state index contributed by atoms with van der Waals surface area (Å²) < 4.78 is 0. The molecule has 4 N–H and O–H groups in total. The lowest BCUT2D eigenvalue weighted by Crippen LogP contribution is -2.30. The highest BCUT2D eigenvalue weighted by Crippen LogP contribution is 2.33. The Kier molecular flexibility index (Phi) is 5.79. The number of aliphatic hydroxyl groups is 2. The van der Waals surface area contributed by atoms with E-state index in [1.807, 2.05) is 39.0 Å². The maximum absolute atomic E-state index is 10.3. The van der Waals surface area contributed by atoms with Crippen LogP contribution >= 0.6 is 0 Å². The van der Waals surface area contributed by atoms with Gasteiger partial charge < -0.3 is 20.6 Å². The first-order valence-corrected chi connectivity index (χ1v) is 6.67. The van der Waals surface area contributed by atoms with Gasteiger partial charge in [0, 0.05) is 19.5 Å². The van der Waals surface area contributed by atoms with Gasteiger partial charge in [-0.1, -0.05) is 39.0 Å². The summed E-state index contributed by atoms with van der Waals surface area (Å²) in [5, 5.41) is 31.8. The molecule has 0 aliphatic carbocycles. The molecule has 4 nitrogen and oxygen atoms in total. The van der Waals surface area contributed by atoms with Gasteiger partial charge in [-0.3, -0.25) is 0 Å². The summed E-state index contributed by atoms with van der Waals surface area (Å²) in [5.74, 6) is 0.274. The summed E-state index contributed by atoms with van der Waals surface area (Å²) >= 11 is 0. The first-order chi connectivity index (χ1) is 8.86. The molecule has 1 atom stereocenters. The number of para-hydroxylation sites is 1. The summed E-state index contributed by atoms with van der Waals surface area (Å²) in [5.41, 5.74) is 1.52. The number of aromatic hydroxyl groups is 1. The molecule has 1 unspecified atom stereocenters. The lowest BCUT2D eigenvalue weighted by molar-refractivity contribution is 0.167. The quantitative estimate of drug-likeness (QED) is 0.584. The van der Waals surface area contributed by atoms with Gasteiger partial charge in [-0.25, -0.2) is 0 Å². The Labute approximate surface area is 115 Å². The SMILES string of the molecule is CC(C)(C)c1cccc(CC(O)CNCCO)c1O. The Hall–Kier alpha value is -1.10. The zero-order valence-electron chi connectivity index (χ0n) is 12.0. The molecule has 0 radical (unpaired) electrons. The second kappa shape index (κ2) is 6.89. The van der Waals surface area contributed by atoms with Gasteiger partial charge in [-0.15, -0.1) is 0 Å². The molecule has 0 amide bonds. The van der Waals surface area contributed by atoms with Crippen molar-refractivity contribution in [2.24, 2.45) is 0 Å². The van der Waals surface area contributed by atoms with Crippen molar-refractivity contribution in [3.8, 4) is 5.75 Å². The molecule has 0 heterocycles. The normalized spacial score (nSPS) is 13.5. The second-order valence-electron chi connectivity index (χ2n) is 5.85. The highest BCUT2D eigenvalue weighted by molar-refractivity contribution is 5.44. The third-order valence-electron chi connectivity index (χ3n) is 3.05. The van der Waals surface area contributed by atoms with E-state index in [1.54, 1.807) is 0 Å². The minimum atomic E-state index is -0.576. The molecule has 0 saturated heterocycles. The van der Waals surface area contributed by atoms with Crippen LogP contribution in [0.4, 0.5) is 0 Å². The van der Waals surface area contributed by atoms with Gasteiger partial charge in [-0.05, 0) is 16.5 Å². The number of aliphatic hydroxyl groups excluding tert-OH is 2. The lowest BCUT2D eigenvalue weighted by Gasteiger charge is -2.22. The third-order valence-corrected chi connectivity index (χ3v) is 3.05. The molecule has 0 aliphatic rings. The number of benzene rings is 1. The van der Waals surface area contributed by atoms with Gasteiger partial charge in [0.1, 0.15) is 5.75 Å². The Morgan fingerprint density at radius 3 is 2.53 bits per heavy atom. The highest BCUT2D eigenvalue weighted by Gasteiger charge is 2.20. The average Bonchev–Trinajstić information content (AvgIpc) is 2.30. The molecule has 19 heavy (non-hydrogen) atoms. The van der Waals surface area contributed by atoms with Gasteiger partial charge in [-0.2, -0.15) is 0 Å². The van der Waals surface area contributed by atoms with Crippen LogP contribution in [0.15, 0.2) is 18.2 Å². The summed E-state index contributed by atoms with van der Waals surface area (Å²) in [6.07, 6.45) is -0.179. The fraction of sp³-hybridized carbons (Fsp3) is 0.600. The minimum absolute atomic E-state index is 0.0531. The van der Waals surface area contributed by atoms with Gasteiger partial charge in [0.25, 0.3) is 0 Å². The number of rotatable bonds is 6. The molecule has 0 spiro atoms. The largest absolute Gasteiger partial charge is 0.507 e. The van der Waals surface area contributed by atoms with E-state index in [1.165, 1.54) is 0 Å². The summed E-state index contributed by atoms with van der Waals surface area (Å²) in [6, 6.07) is 5.65. The summed E-state index contributed by atoms with van der Waals surface area (Å²) in [4.78, 5) is 0. The van der Waals surface area contributed by atoms with Crippen molar-refractivity contribution in [3.05, 3.63) is 29.3 Å². The van der Waals surface area contributed by atoms with Crippen molar-refractivity contribution in [3.63, 3.8) is 0 Å². The van der Waals surface area contributed by atoms with E-state index in [9.17, 15) is 10.2 Å². The molecule has 0 aromatic heterocycles. The van der Waals surface area contributed by atoms with Crippen LogP contribution in [0.1, 0.15) is 31.9 Å². The van der Waals surface area contributed by atoms with E-state index >= 15 is 0 Å². The molecule has 0 aliphatic heterocycles. The van der Waals surface area contributed by atoms with Crippen LogP contribution in [0.2, 0.25) is 0 Å². The smallest absolute Gasteiger partial charge is 0.122 e. The molecule has 1 aromatic rings. The van der Waals surface area contributed by atoms with Crippen molar-refractivity contribution < 1.29 is 15.3 Å². The number of phenolic OH excluding ortho intramolecular Hbond substituents is 1. The fourth-order valence-corrected chi connectivity index (χ4v) is 2.04. The van der Waals surface area contributed by atoms with E-state index in [0.29, 0.717) is 19.5 Å². The first-order valence-electron chi connectivity index (χ1n) is 6.67. The topological polar surface area (TPSA) is 72.7 Å². The predicted molar refractivity (Wildman–Crippen MR) is 76.5 cm³/mol. The van der Waals surface area contributed by atoms with E-state index < -0.39 is 6.10 Å². The molecule has 108 valence electrons. The monoisotopic (exact) mass is 267 g/mol. The maximum atomic E-state index is 10.3. The highest BCUT2D eigenvalue weighted by atomic mass is 16.3. The van der Waals surface area contributed by atoms with Crippen LogP contribution in [0, 0.1) is 0 Å². The average molecular weight is 267 g/mol. The van der Waals surface area contributed by atoms with Gasteiger partial charge in [0.05, 0.1) is 12.7 Å². The van der Waals surface area contributed by atoms with Crippen LogP contribution in [0.25, 0.3) is 0 Å². The minimum Gasteiger partial charge on any atom is -0.507 e. The zero-order valence-corrected chi connectivity index (χ0v) is 12.0. The van der Waals surface area contributed by atoms with Crippen molar-refractivity contribution in [1.29, 1.82) is 0 Å². The van der Waals surface area contributed by atoms with Crippen LogP contribution in [0.5, 0.6) is 5.75 Å². The van der Waals surface area contributed by atoms with E-state index in [4.69, 9.17) is 5.11 Å². The van der Waals surface area contributed by atoms with Gasteiger partial charge >= 0.3 is 0 Å². The Morgan fingerprint density at radius 2 is 1.95 bits per heavy atom. The van der Waals surface area contributed by atoms with Crippen LogP contribution < -0.4 is 5.32 Å². The van der Waals surface area contributed by atoms with Crippen LogP contribution in [-0.4, -0.2) is 41.1 Å². The Bertz CT molecular complexity index is 399. The molecule has 0 bridgehead atoms. The number of nitrogens with one attached hydrogen (secondary N) is 1. The third kappa shape index (κ3) is 4.82. The molecular weight excluding hydrogens is 242 g/mol. The summed E-state index contributed by atoms with van der Waals surface area (Å²) in [7, 11) is 0. The number of hydrogen-bond acceptors (Lipinski definition) is 4. The van der Waals surface area contributed by atoms with Gasteiger partial charge in [0.2, 0.25) is 0 Å². The maximum Gasteiger partial charge on any atom is 0.122 e. The van der Waals surface area contributed by atoms with Gasteiger partial charge in [0.15, 0.2) is 0 Å². The first kappa shape index (κ1) is 16.0. The number of phenols is 1.